The molecule has 1 aromatic heterocycles. The maximum Gasteiger partial charge on any atom is 0.278 e. The summed E-state index contributed by atoms with van der Waals surface area (Å²) in [5, 5.41) is 5.12. The highest BCUT2D eigenvalue weighted by Gasteiger charge is 2.39. The average molecular weight is 413 g/mol. The molecule has 1 N–H and O–H groups in total. The molecular formula is C23H28N2O3S. The number of thiophene rings is 1. The predicted molar refractivity (Wildman–Crippen MR) is 118 cm³/mol. The van der Waals surface area contributed by atoms with Crippen molar-refractivity contribution in [3.8, 4) is 0 Å². The molecule has 1 aliphatic rings. The zero-order valence-electron chi connectivity index (χ0n) is 17.5. The lowest BCUT2D eigenvalue weighted by Crippen LogP contribution is -2.33. The summed E-state index contributed by atoms with van der Waals surface area (Å²) in [5.41, 5.74) is 2.84. The number of hydrogen-bond acceptors (Lipinski definition) is 5. The SMILES string of the molecule is CCOCCCN1C(=O)C(Nc2ccc(C(C)(C)C)cc2)=C(c2cccs2)C1=O. The maximum atomic E-state index is 13.1. The van der Waals surface area contributed by atoms with E-state index in [0.717, 1.165) is 10.6 Å². The molecule has 1 aromatic carbocycles. The Hall–Kier alpha value is -2.44. The van der Waals surface area contributed by atoms with Gasteiger partial charge in [0.15, 0.2) is 0 Å². The Morgan fingerprint density at radius 2 is 1.79 bits per heavy atom. The van der Waals surface area contributed by atoms with Crippen LogP contribution in [0.25, 0.3) is 5.57 Å². The highest BCUT2D eigenvalue weighted by atomic mass is 32.1. The van der Waals surface area contributed by atoms with Gasteiger partial charge in [-0.15, -0.1) is 11.3 Å². The van der Waals surface area contributed by atoms with Crippen LogP contribution in [0.5, 0.6) is 0 Å². The van der Waals surface area contributed by atoms with Crippen LogP contribution in [-0.4, -0.2) is 36.5 Å². The molecule has 2 heterocycles. The van der Waals surface area contributed by atoms with Crippen LogP contribution in [0.1, 0.15) is 44.6 Å². The fourth-order valence-electron chi connectivity index (χ4n) is 3.21. The number of nitrogens with one attached hydrogen (secondary N) is 1. The van der Waals surface area contributed by atoms with Gasteiger partial charge in [0.2, 0.25) is 0 Å². The lowest BCUT2D eigenvalue weighted by atomic mass is 9.87. The molecule has 0 spiro atoms. The molecule has 0 unspecified atom stereocenters. The van der Waals surface area contributed by atoms with Crippen LogP contribution in [-0.2, 0) is 19.7 Å². The van der Waals surface area contributed by atoms with Crippen LogP contribution in [0, 0.1) is 0 Å². The van der Waals surface area contributed by atoms with Crippen molar-refractivity contribution in [3.63, 3.8) is 0 Å². The van der Waals surface area contributed by atoms with E-state index < -0.39 is 0 Å². The summed E-state index contributed by atoms with van der Waals surface area (Å²) in [4.78, 5) is 28.2. The van der Waals surface area contributed by atoms with Gasteiger partial charge in [0.25, 0.3) is 11.8 Å². The molecule has 0 saturated heterocycles. The van der Waals surface area contributed by atoms with Gasteiger partial charge in [-0.1, -0.05) is 39.0 Å². The van der Waals surface area contributed by atoms with Crippen molar-refractivity contribution in [2.24, 2.45) is 0 Å². The number of anilines is 1. The minimum absolute atomic E-state index is 0.0520. The number of hydrogen-bond donors (Lipinski definition) is 1. The Morgan fingerprint density at radius 3 is 2.38 bits per heavy atom. The Morgan fingerprint density at radius 1 is 1.07 bits per heavy atom. The van der Waals surface area contributed by atoms with E-state index in [-0.39, 0.29) is 17.2 Å². The first-order valence-electron chi connectivity index (χ1n) is 9.92. The van der Waals surface area contributed by atoms with Crippen LogP contribution in [0.2, 0.25) is 0 Å². The lowest BCUT2D eigenvalue weighted by molar-refractivity contribution is -0.137. The summed E-state index contributed by atoms with van der Waals surface area (Å²) < 4.78 is 5.35. The molecule has 29 heavy (non-hydrogen) atoms. The number of nitrogens with zero attached hydrogens (tertiary/aromatic N) is 1. The van der Waals surface area contributed by atoms with Gasteiger partial charge in [0.1, 0.15) is 5.70 Å². The Balaban J connectivity index is 1.86. The summed E-state index contributed by atoms with van der Waals surface area (Å²) in [6.07, 6.45) is 0.622. The normalized spacial score (nSPS) is 14.8. The molecule has 3 rings (SSSR count). The molecule has 0 fully saturated rings. The third-order valence-electron chi connectivity index (χ3n) is 4.83. The Kier molecular flexibility index (Phi) is 6.55. The molecule has 0 atom stereocenters. The molecule has 0 aliphatic carbocycles. The first kappa shape index (κ1) is 21.3. The van der Waals surface area contributed by atoms with Crippen molar-refractivity contribution < 1.29 is 14.3 Å². The maximum absolute atomic E-state index is 13.1. The van der Waals surface area contributed by atoms with Crippen molar-refractivity contribution in [2.75, 3.05) is 25.1 Å². The van der Waals surface area contributed by atoms with Gasteiger partial charge < -0.3 is 10.1 Å². The standard InChI is InChI=1S/C23H28N2O3S/c1-5-28-14-7-13-25-21(26)19(18-8-6-15-29-18)20(22(25)27)24-17-11-9-16(10-12-17)23(2,3)4/h6,8-12,15,24H,5,7,13-14H2,1-4H3. The fraction of sp³-hybridized carbons (Fsp3) is 0.391. The van der Waals surface area contributed by atoms with Gasteiger partial charge >= 0.3 is 0 Å². The number of carbonyl (C=O) groups excluding carboxylic acids is 2. The van der Waals surface area contributed by atoms with Crippen molar-refractivity contribution in [3.05, 3.63) is 57.9 Å². The van der Waals surface area contributed by atoms with Crippen LogP contribution < -0.4 is 5.32 Å². The molecular weight excluding hydrogens is 384 g/mol. The van der Waals surface area contributed by atoms with Crippen molar-refractivity contribution >= 4 is 34.4 Å². The van der Waals surface area contributed by atoms with Crippen molar-refractivity contribution in [1.29, 1.82) is 0 Å². The monoisotopic (exact) mass is 412 g/mol. The van der Waals surface area contributed by atoms with E-state index in [1.165, 1.54) is 21.8 Å². The third kappa shape index (κ3) is 4.77. The molecule has 2 aromatic rings. The summed E-state index contributed by atoms with van der Waals surface area (Å²) in [6, 6.07) is 11.8. The largest absolute Gasteiger partial charge is 0.382 e. The highest BCUT2D eigenvalue weighted by Crippen LogP contribution is 2.33. The van der Waals surface area contributed by atoms with Gasteiger partial charge in [0.05, 0.1) is 5.57 Å². The second kappa shape index (κ2) is 8.93. The van der Waals surface area contributed by atoms with Gasteiger partial charge in [-0.05, 0) is 47.9 Å². The zero-order chi connectivity index (χ0) is 21.0. The average Bonchev–Trinajstić information content (AvgIpc) is 3.27. The van der Waals surface area contributed by atoms with Crippen LogP contribution in [0.15, 0.2) is 47.5 Å². The molecule has 2 amide bonds. The van der Waals surface area contributed by atoms with Gasteiger partial charge in [-0.2, -0.15) is 0 Å². The fourth-order valence-corrected chi connectivity index (χ4v) is 3.98. The minimum atomic E-state index is -0.283. The molecule has 5 nitrogen and oxygen atoms in total. The minimum Gasteiger partial charge on any atom is -0.382 e. The van der Waals surface area contributed by atoms with Gasteiger partial charge in [0, 0.05) is 30.3 Å². The number of amides is 2. The molecule has 6 heteroatoms. The van der Waals surface area contributed by atoms with Crippen LogP contribution >= 0.6 is 11.3 Å². The van der Waals surface area contributed by atoms with E-state index in [2.05, 4.69) is 38.2 Å². The zero-order valence-corrected chi connectivity index (χ0v) is 18.3. The molecule has 0 radical (unpaired) electrons. The summed E-state index contributed by atoms with van der Waals surface area (Å²) >= 11 is 1.46. The topological polar surface area (TPSA) is 58.6 Å². The van der Waals surface area contributed by atoms with E-state index in [4.69, 9.17) is 4.74 Å². The van der Waals surface area contributed by atoms with E-state index in [9.17, 15) is 9.59 Å². The Labute approximate surface area is 176 Å². The highest BCUT2D eigenvalue weighted by molar-refractivity contribution is 7.11. The summed E-state index contributed by atoms with van der Waals surface area (Å²) in [6.45, 7) is 9.90. The number of rotatable bonds is 8. The summed E-state index contributed by atoms with van der Waals surface area (Å²) in [5.74, 6) is -0.530. The number of carbonyl (C=O) groups is 2. The number of ether oxygens (including phenoxy) is 1. The number of imide groups is 1. The van der Waals surface area contributed by atoms with Crippen LogP contribution in [0.3, 0.4) is 0 Å². The number of benzene rings is 1. The van der Waals surface area contributed by atoms with Gasteiger partial charge in [-0.25, -0.2) is 0 Å². The third-order valence-corrected chi connectivity index (χ3v) is 5.72. The van der Waals surface area contributed by atoms with Crippen molar-refractivity contribution in [2.45, 2.75) is 39.5 Å². The lowest BCUT2D eigenvalue weighted by Gasteiger charge is -2.19. The van der Waals surface area contributed by atoms with Crippen LogP contribution in [0.4, 0.5) is 5.69 Å². The molecule has 154 valence electrons. The second-order valence-electron chi connectivity index (χ2n) is 7.99. The molecule has 1 aliphatic heterocycles. The quantitative estimate of drug-likeness (QED) is 0.506. The molecule has 0 bridgehead atoms. The Bertz CT molecular complexity index is 893. The van der Waals surface area contributed by atoms with E-state index >= 15 is 0 Å². The smallest absolute Gasteiger partial charge is 0.278 e. The van der Waals surface area contributed by atoms with E-state index in [1.54, 1.807) is 0 Å². The van der Waals surface area contributed by atoms with E-state index in [0.29, 0.717) is 37.4 Å². The van der Waals surface area contributed by atoms with E-state index in [1.807, 2.05) is 36.6 Å². The first-order chi connectivity index (χ1) is 13.8. The second-order valence-corrected chi connectivity index (χ2v) is 8.94. The summed E-state index contributed by atoms with van der Waals surface area (Å²) in [7, 11) is 0. The molecule has 0 saturated carbocycles. The first-order valence-corrected chi connectivity index (χ1v) is 10.8. The predicted octanol–water partition coefficient (Wildman–Crippen LogP) is 4.66. The van der Waals surface area contributed by atoms with Gasteiger partial charge in [-0.3, -0.25) is 14.5 Å². The van der Waals surface area contributed by atoms with Crippen molar-refractivity contribution in [1.82, 2.24) is 4.90 Å².